The van der Waals surface area contributed by atoms with Crippen molar-refractivity contribution in [2.75, 3.05) is 38.0 Å². The van der Waals surface area contributed by atoms with E-state index < -0.39 is 23.0 Å². The molecule has 29 heavy (non-hydrogen) atoms. The Morgan fingerprint density at radius 3 is 2.41 bits per heavy atom. The number of amides is 2. The number of piperazine rings is 1. The maximum atomic E-state index is 13.8. The zero-order chi connectivity index (χ0) is 21.0. The molecule has 1 unspecified atom stereocenters. The van der Waals surface area contributed by atoms with Crippen LogP contribution in [0.25, 0.3) is 0 Å². The molecule has 1 aromatic carbocycles. The fourth-order valence-electron chi connectivity index (χ4n) is 3.00. The molecule has 1 aliphatic rings. The molecule has 2 aromatic rings. The molecule has 1 fully saturated rings. The highest BCUT2D eigenvalue weighted by atomic mass is 32.2. The van der Waals surface area contributed by atoms with Crippen LogP contribution in [-0.2, 0) is 11.3 Å². The van der Waals surface area contributed by atoms with Gasteiger partial charge in [-0.2, -0.15) is 0 Å². The molecule has 154 valence electrons. The summed E-state index contributed by atoms with van der Waals surface area (Å²) >= 11 is -2.49. The van der Waals surface area contributed by atoms with E-state index in [0.29, 0.717) is 0 Å². The highest BCUT2D eigenvalue weighted by molar-refractivity contribution is 7.80. The van der Waals surface area contributed by atoms with Gasteiger partial charge in [0.2, 0.25) is 0 Å². The van der Waals surface area contributed by atoms with Gasteiger partial charge in [-0.25, -0.2) is 9.37 Å². The van der Waals surface area contributed by atoms with Crippen LogP contribution in [0.15, 0.2) is 36.5 Å². The minimum absolute atomic E-state index is 0.222. The van der Waals surface area contributed by atoms with Gasteiger partial charge in [-0.3, -0.25) is 13.8 Å². The average Bonchev–Trinajstić information content (AvgIpc) is 2.72. The first-order valence-electron chi connectivity index (χ1n) is 8.63. The number of rotatable bonds is 5. The van der Waals surface area contributed by atoms with Crippen LogP contribution in [-0.4, -0.2) is 68.6 Å². The lowest BCUT2D eigenvalue weighted by Gasteiger charge is -2.34. The summed E-state index contributed by atoms with van der Waals surface area (Å²) in [5.74, 6) is -1.30. The molecule has 3 rings (SSSR count). The Bertz CT molecular complexity index is 950. The number of nitrogens with one attached hydrogen (secondary N) is 1. The highest BCUT2D eigenvalue weighted by Crippen LogP contribution is 2.25. The number of pyridine rings is 1. The first kappa shape index (κ1) is 20.7. The third-order valence-electron chi connectivity index (χ3n) is 4.45. The molecule has 9 nitrogen and oxygen atoms in total. The number of benzene rings is 1. The van der Waals surface area contributed by atoms with Gasteiger partial charge < -0.3 is 23.8 Å². The number of carbonyl (C=O) groups excluding carboxylic acids is 2. The zero-order valence-corrected chi connectivity index (χ0v) is 16.3. The smallest absolute Gasteiger partial charge is 0.275 e. The van der Waals surface area contributed by atoms with E-state index in [9.17, 15) is 22.7 Å². The Morgan fingerprint density at radius 2 is 1.83 bits per heavy atom. The third kappa shape index (κ3) is 4.69. The molecule has 2 amide bonds. The van der Waals surface area contributed by atoms with Crippen molar-refractivity contribution in [2.24, 2.45) is 0 Å². The van der Waals surface area contributed by atoms with Gasteiger partial charge in [-0.15, -0.1) is 0 Å². The quantitative estimate of drug-likeness (QED) is 0.722. The topological polar surface area (TPSA) is 115 Å². The van der Waals surface area contributed by atoms with Crippen molar-refractivity contribution < 1.29 is 27.5 Å². The molecule has 1 aromatic heterocycles. The molecule has 1 aliphatic heterocycles. The molecule has 11 heteroatoms. The predicted molar refractivity (Wildman–Crippen MR) is 102 cm³/mol. The summed E-state index contributed by atoms with van der Waals surface area (Å²) in [7, 11) is 1.38. The van der Waals surface area contributed by atoms with Crippen molar-refractivity contribution in [3.63, 3.8) is 0 Å². The second-order valence-electron chi connectivity index (χ2n) is 6.17. The van der Waals surface area contributed by atoms with Crippen LogP contribution in [0.1, 0.15) is 20.8 Å². The fraction of sp³-hybridized carbons (Fsp3) is 0.278. The zero-order valence-electron chi connectivity index (χ0n) is 15.5. The molecule has 0 spiro atoms. The minimum atomic E-state index is -2.49. The van der Waals surface area contributed by atoms with Gasteiger partial charge in [0.15, 0.2) is 11.5 Å². The van der Waals surface area contributed by atoms with Gasteiger partial charge in [-0.1, -0.05) is 0 Å². The van der Waals surface area contributed by atoms with E-state index in [1.54, 1.807) is 4.90 Å². The van der Waals surface area contributed by atoms with E-state index in [2.05, 4.69) is 9.71 Å². The third-order valence-corrected chi connectivity index (χ3v) is 4.85. The molecule has 0 aliphatic carbocycles. The van der Waals surface area contributed by atoms with Crippen molar-refractivity contribution in [1.82, 2.24) is 14.8 Å². The van der Waals surface area contributed by atoms with Crippen molar-refractivity contribution in [2.45, 2.75) is 0 Å². The van der Waals surface area contributed by atoms with Crippen molar-refractivity contribution in [1.29, 1.82) is 0 Å². The minimum Gasteiger partial charge on any atom is -0.755 e. The SMILES string of the molecule is COc1cc(NS(=O)[O-])ccc1C(=O)N1CCN(C(=O)c2ncccc2F)CC1. The summed E-state index contributed by atoms with van der Waals surface area (Å²) in [4.78, 5) is 32.1. The number of nitrogens with zero attached hydrogens (tertiary/aromatic N) is 3. The Labute approximate surface area is 168 Å². The van der Waals surface area contributed by atoms with E-state index >= 15 is 0 Å². The number of carbonyl (C=O) groups is 2. The molecular weight excluding hydrogens is 403 g/mol. The second kappa shape index (κ2) is 8.97. The Hall–Kier alpha value is -3.05. The molecule has 0 radical (unpaired) electrons. The number of hydrogen-bond acceptors (Lipinski definition) is 6. The van der Waals surface area contributed by atoms with Gasteiger partial charge >= 0.3 is 0 Å². The van der Waals surface area contributed by atoms with Crippen molar-refractivity contribution in [3.8, 4) is 5.75 Å². The van der Waals surface area contributed by atoms with Crippen LogP contribution in [0.2, 0.25) is 0 Å². The number of ether oxygens (including phenoxy) is 1. The fourth-order valence-corrected chi connectivity index (χ4v) is 3.32. The van der Waals surface area contributed by atoms with Crippen LogP contribution in [0, 0.1) is 5.82 Å². The molecule has 1 saturated heterocycles. The van der Waals surface area contributed by atoms with Crippen LogP contribution >= 0.6 is 0 Å². The van der Waals surface area contributed by atoms with Crippen LogP contribution in [0.5, 0.6) is 5.75 Å². The Morgan fingerprint density at radius 1 is 1.17 bits per heavy atom. The van der Waals surface area contributed by atoms with E-state index in [0.717, 1.165) is 0 Å². The van der Waals surface area contributed by atoms with Gasteiger partial charge in [-0.05, 0) is 24.3 Å². The number of aromatic nitrogens is 1. The Balaban J connectivity index is 1.68. The second-order valence-corrected chi connectivity index (χ2v) is 6.84. The highest BCUT2D eigenvalue weighted by Gasteiger charge is 2.28. The van der Waals surface area contributed by atoms with E-state index in [1.807, 2.05) is 0 Å². The van der Waals surface area contributed by atoms with E-state index in [4.69, 9.17) is 4.74 Å². The van der Waals surface area contributed by atoms with Crippen LogP contribution in [0.4, 0.5) is 10.1 Å². The summed E-state index contributed by atoms with van der Waals surface area (Å²) < 4.78 is 42.7. The number of halogens is 1. The maximum absolute atomic E-state index is 13.8. The van der Waals surface area contributed by atoms with Crippen molar-refractivity contribution >= 4 is 28.8 Å². The molecule has 0 bridgehead atoms. The largest absolute Gasteiger partial charge is 0.755 e. The van der Waals surface area contributed by atoms with Gasteiger partial charge in [0.05, 0.1) is 12.7 Å². The lowest BCUT2D eigenvalue weighted by Crippen LogP contribution is -2.50. The molecule has 0 saturated carbocycles. The van der Waals surface area contributed by atoms with Crippen LogP contribution in [0.3, 0.4) is 0 Å². The number of hydrogen-bond donors (Lipinski definition) is 1. The summed E-state index contributed by atoms with van der Waals surface area (Å²) in [6, 6.07) is 6.91. The van der Waals surface area contributed by atoms with Crippen LogP contribution < -0.4 is 9.46 Å². The molecule has 1 atom stereocenters. The lowest BCUT2D eigenvalue weighted by atomic mass is 10.1. The molecular formula is C18H18FN4O5S-. The summed E-state index contributed by atoms with van der Waals surface area (Å²) in [6.07, 6.45) is 1.35. The molecule has 1 N–H and O–H groups in total. The number of anilines is 1. The molecule has 2 heterocycles. The first-order valence-corrected chi connectivity index (χ1v) is 9.71. The monoisotopic (exact) mass is 421 g/mol. The average molecular weight is 421 g/mol. The van der Waals surface area contributed by atoms with Crippen molar-refractivity contribution in [3.05, 3.63) is 53.6 Å². The predicted octanol–water partition coefficient (Wildman–Crippen LogP) is 1.03. The van der Waals surface area contributed by atoms with E-state index in [-0.39, 0.29) is 54.8 Å². The van der Waals surface area contributed by atoms with Gasteiger partial charge in [0, 0.05) is 55.4 Å². The van der Waals surface area contributed by atoms with E-state index in [1.165, 1.54) is 48.5 Å². The standard InChI is InChI=1S/C18H19FN4O5S/c1-28-15-11-12(21-29(26)27)4-5-13(15)17(24)22-7-9-23(10-8-22)18(25)16-14(19)3-2-6-20-16/h2-6,11,21H,7-10H2,1H3,(H,26,27)/p-1. The van der Waals surface area contributed by atoms with Gasteiger partial charge in [0.1, 0.15) is 5.75 Å². The Kier molecular flexibility index (Phi) is 6.39. The first-order chi connectivity index (χ1) is 13.9. The summed E-state index contributed by atoms with van der Waals surface area (Å²) in [6.45, 7) is 0.981. The number of methoxy groups -OCH3 is 1. The lowest BCUT2D eigenvalue weighted by molar-refractivity contribution is 0.0527. The summed E-state index contributed by atoms with van der Waals surface area (Å²) in [5, 5.41) is 0. The van der Waals surface area contributed by atoms with Gasteiger partial charge in [0.25, 0.3) is 11.8 Å². The maximum Gasteiger partial charge on any atom is 0.275 e. The normalized spacial score (nSPS) is 15.0. The summed E-state index contributed by atoms with van der Waals surface area (Å²) in [5.41, 5.74) is 0.289.